The molecule has 0 unspecified atom stereocenters. The molecule has 1 heterocycles. The lowest BCUT2D eigenvalue weighted by Gasteiger charge is -2.15. The van der Waals surface area contributed by atoms with Gasteiger partial charge in [-0.3, -0.25) is 14.2 Å². The molecule has 0 radical (unpaired) electrons. The van der Waals surface area contributed by atoms with Crippen LogP contribution in [0.4, 0.5) is 0 Å². The molecule has 6 heteroatoms. The Morgan fingerprint density at radius 1 is 1.21 bits per heavy atom. The normalized spacial score (nSPS) is 11.9. The Hall–Kier alpha value is -2.86. The molecule has 3 rings (SSSR count). The first-order valence-electron chi connectivity index (χ1n) is 9.65. The van der Waals surface area contributed by atoms with Gasteiger partial charge in [0.15, 0.2) is 5.16 Å². The predicted molar refractivity (Wildman–Crippen MR) is 119 cm³/mol. The van der Waals surface area contributed by atoms with Crippen molar-refractivity contribution in [1.29, 1.82) is 0 Å². The van der Waals surface area contributed by atoms with Crippen molar-refractivity contribution in [3.63, 3.8) is 0 Å². The molecule has 0 saturated heterocycles. The van der Waals surface area contributed by atoms with E-state index in [4.69, 9.17) is 0 Å². The minimum atomic E-state index is -0.116. The average molecular weight is 408 g/mol. The van der Waals surface area contributed by atoms with E-state index in [2.05, 4.69) is 29.0 Å². The lowest BCUT2D eigenvalue weighted by atomic mass is 10.1. The quantitative estimate of drug-likeness (QED) is 0.333. The highest BCUT2D eigenvalue weighted by Crippen LogP contribution is 2.18. The van der Waals surface area contributed by atoms with Crippen molar-refractivity contribution in [3.8, 4) is 0 Å². The summed E-state index contributed by atoms with van der Waals surface area (Å²) in [6, 6.07) is 17.5. The van der Waals surface area contributed by atoms with Crippen LogP contribution < -0.4 is 10.9 Å². The van der Waals surface area contributed by atoms with E-state index in [0.717, 1.165) is 12.8 Å². The number of benzene rings is 2. The smallest absolute Gasteiger partial charge is 0.262 e. The van der Waals surface area contributed by atoms with E-state index in [9.17, 15) is 9.59 Å². The maximum atomic E-state index is 12.7. The summed E-state index contributed by atoms with van der Waals surface area (Å²) in [5.74, 6) is 0.139. The molecular formula is C23H25N3O2S. The van der Waals surface area contributed by atoms with Gasteiger partial charge in [-0.2, -0.15) is 0 Å². The van der Waals surface area contributed by atoms with Crippen LogP contribution in [-0.2, 0) is 17.8 Å². The molecule has 0 spiro atoms. The van der Waals surface area contributed by atoms with E-state index in [1.54, 1.807) is 16.7 Å². The summed E-state index contributed by atoms with van der Waals surface area (Å²) >= 11 is 1.27. The third kappa shape index (κ3) is 5.57. The second kappa shape index (κ2) is 10.1. The highest BCUT2D eigenvalue weighted by molar-refractivity contribution is 7.99. The summed E-state index contributed by atoms with van der Waals surface area (Å²) in [4.78, 5) is 29.7. The van der Waals surface area contributed by atoms with Crippen molar-refractivity contribution in [2.75, 3.05) is 5.75 Å². The van der Waals surface area contributed by atoms with Gasteiger partial charge in [0.1, 0.15) is 0 Å². The topological polar surface area (TPSA) is 64.0 Å². The molecule has 0 saturated carbocycles. The first-order valence-corrected chi connectivity index (χ1v) is 10.6. The molecule has 0 aliphatic heterocycles. The molecule has 150 valence electrons. The number of carbonyl (C=O) groups is 1. The molecular weight excluding hydrogens is 382 g/mol. The summed E-state index contributed by atoms with van der Waals surface area (Å²) in [5.41, 5.74) is 1.78. The number of allylic oxidation sites excluding steroid dienone is 1. The Morgan fingerprint density at radius 3 is 2.69 bits per heavy atom. The number of para-hydroxylation sites is 1. The lowest BCUT2D eigenvalue weighted by Crippen LogP contribution is -2.34. The van der Waals surface area contributed by atoms with E-state index in [1.165, 1.54) is 17.3 Å². The van der Waals surface area contributed by atoms with Crippen LogP contribution in [0.25, 0.3) is 10.9 Å². The number of hydrogen-bond acceptors (Lipinski definition) is 4. The van der Waals surface area contributed by atoms with Gasteiger partial charge in [0, 0.05) is 12.6 Å². The van der Waals surface area contributed by atoms with Gasteiger partial charge >= 0.3 is 0 Å². The SMILES string of the molecule is C=CCn1c(SCC(=O)N[C@H](C)CCc2ccccc2)nc2ccccc2c1=O. The number of aryl methyl sites for hydroxylation is 1. The Bertz CT molecular complexity index is 1050. The maximum Gasteiger partial charge on any atom is 0.262 e. The molecule has 1 atom stereocenters. The van der Waals surface area contributed by atoms with Gasteiger partial charge < -0.3 is 5.32 Å². The van der Waals surface area contributed by atoms with Gasteiger partial charge in [0.2, 0.25) is 5.91 Å². The standard InChI is InChI=1S/C23H25N3O2S/c1-3-15-26-22(28)19-11-7-8-12-20(19)25-23(26)29-16-21(27)24-17(2)13-14-18-9-5-4-6-10-18/h3-12,17H,1,13-16H2,2H3,(H,24,27)/t17-/m1/s1. The fourth-order valence-corrected chi connectivity index (χ4v) is 3.91. The first kappa shape index (κ1) is 20.9. The van der Waals surface area contributed by atoms with Gasteiger partial charge in [0.25, 0.3) is 5.56 Å². The fraction of sp³-hybridized carbons (Fsp3) is 0.261. The Morgan fingerprint density at radius 2 is 1.93 bits per heavy atom. The van der Waals surface area contributed by atoms with Crippen LogP contribution in [-0.4, -0.2) is 27.3 Å². The minimum absolute atomic E-state index is 0.0666. The number of fused-ring (bicyclic) bond motifs is 1. The number of nitrogens with one attached hydrogen (secondary N) is 1. The molecule has 1 aromatic heterocycles. The highest BCUT2D eigenvalue weighted by Gasteiger charge is 2.13. The number of aromatic nitrogens is 2. The van der Waals surface area contributed by atoms with Gasteiger partial charge in [-0.05, 0) is 37.5 Å². The number of carbonyl (C=O) groups excluding carboxylic acids is 1. The molecule has 29 heavy (non-hydrogen) atoms. The largest absolute Gasteiger partial charge is 0.353 e. The van der Waals surface area contributed by atoms with Crippen molar-refractivity contribution in [3.05, 3.63) is 83.2 Å². The zero-order chi connectivity index (χ0) is 20.6. The predicted octanol–water partition coefficient (Wildman–Crippen LogP) is 3.81. The molecule has 0 aliphatic carbocycles. The lowest BCUT2D eigenvalue weighted by molar-refractivity contribution is -0.119. The van der Waals surface area contributed by atoms with Crippen LogP contribution in [0.15, 0.2) is 77.2 Å². The second-order valence-corrected chi connectivity index (χ2v) is 7.84. The zero-order valence-electron chi connectivity index (χ0n) is 16.5. The third-order valence-electron chi connectivity index (χ3n) is 4.59. The Balaban J connectivity index is 1.62. The molecule has 0 fully saturated rings. The van der Waals surface area contributed by atoms with Crippen molar-refractivity contribution >= 4 is 28.6 Å². The summed E-state index contributed by atoms with van der Waals surface area (Å²) in [7, 11) is 0. The first-order chi connectivity index (χ1) is 14.1. The van der Waals surface area contributed by atoms with E-state index in [-0.39, 0.29) is 23.3 Å². The summed E-state index contributed by atoms with van der Waals surface area (Å²) in [6.07, 6.45) is 3.45. The van der Waals surface area contributed by atoms with Crippen molar-refractivity contribution < 1.29 is 4.79 Å². The summed E-state index contributed by atoms with van der Waals surface area (Å²) in [6.45, 7) is 6.08. The van der Waals surface area contributed by atoms with Crippen LogP contribution >= 0.6 is 11.8 Å². The fourth-order valence-electron chi connectivity index (χ4n) is 3.09. The van der Waals surface area contributed by atoms with Crippen LogP contribution in [0.5, 0.6) is 0 Å². The maximum absolute atomic E-state index is 12.7. The van der Waals surface area contributed by atoms with Gasteiger partial charge in [-0.1, -0.05) is 60.3 Å². The van der Waals surface area contributed by atoms with Crippen LogP contribution in [0.3, 0.4) is 0 Å². The number of rotatable bonds is 9. The molecule has 5 nitrogen and oxygen atoms in total. The summed E-state index contributed by atoms with van der Waals surface area (Å²) < 4.78 is 1.56. The Kier molecular flexibility index (Phi) is 7.25. The molecule has 0 bridgehead atoms. The van der Waals surface area contributed by atoms with Crippen molar-refractivity contribution in [1.82, 2.24) is 14.9 Å². The van der Waals surface area contributed by atoms with Crippen LogP contribution in [0.2, 0.25) is 0 Å². The molecule has 0 aliphatic rings. The van der Waals surface area contributed by atoms with Gasteiger partial charge in [0.05, 0.1) is 16.7 Å². The van der Waals surface area contributed by atoms with E-state index < -0.39 is 0 Å². The molecule has 3 aromatic rings. The molecule has 1 amide bonds. The van der Waals surface area contributed by atoms with E-state index in [0.29, 0.717) is 22.6 Å². The van der Waals surface area contributed by atoms with Crippen LogP contribution in [0.1, 0.15) is 18.9 Å². The number of hydrogen-bond donors (Lipinski definition) is 1. The number of amides is 1. The Labute approximate surface area is 174 Å². The number of nitrogens with zero attached hydrogens (tertiary/aromatic N) is 2. The monoisotopic (exact) mass is 407 g/mol. The van der Waals surface area contributed by atoms with Crippen molar-refractivity contribution in [2.24, 2.45) is 0 Å². The molecule has 1 N–H and O–H groups in total. The highest BCUT2D eigenvalue weighted by atomic mass is 32.2. The van der Waals surface area contributed by atoms with Gasteiger partial charge in [-0.25, -0.2) is 4.98 Å². The van der Waals surface area contributed by atoms with Crippen molar-refractivity contribution in [2.45, 2.75) is 37.5 Å². The second-order valence-electron chi connectivity index (χ2n) is 6.90. The van der Waals surface area contributed by atoms with E-state index in [1.807, 2.05) is 43.3 Å². The third-order valence-corrected chi connectivity index (χ3v) is 5.56. The van der Waals surface area contributed by atoms with Crippen LogP contribution in [0, 0.1) is 0 Å². The summed E-state index contributed by atoms with van der Waals surface area (Å²) in [5, 5.41) is 4.12. The minimum Gasteiger partial charge on any atom is -0.353 e. The molecule has 2 aromatic carbocycles. The van der Waals surface area contributed by atoms with Gasteiger partial charge in [-0.15, -0.1) is 6.58 Å². The zero-order valence-corrected chi connectivity index (χ0v) is 17.3. The average Bonchev–Trinajstić information content (AvgIpc) is 2.74. The number of thioether (sulfide) groups is 1. The van der Waals surface area contributed by atoms with E-state index >= 15 is 0 Å².